The number of nitrogens with zero attached hydrogens (tertiary/aromatic N) is 4. The molecule has 0 saturated carbocycles. The largest absolute Gasteiger partial charge is 0.465 e. The zero-order valence-corrected chi connectivity index (χ0v) is 15.3. The average Bonchev–Trinajstić information content (AvgIpc) is 2.69. The number of methoxy groups -OCH3 is 2. The van der Waals surface area contributed by atoms with E-state index in [1.54, 1.807) is 38.4 Å². The summed E-state index contributed by atoms with van der Waals surface area (Å²) in [5, 5.41) is 14.6. The highest BCUT2D eigenvalue weighted by molar-refractivity contribution is 5.97. The monoisotopic (exact) mass is 375 g/mol. The molecule has 0 atom stereocenters. The third-order valence-electron chi connectivity index (χ3n) is 3.79. The molecule has 27 heavy (non-hydrogen) atoms. The molecule has 1 aromatic heterocycles. The van der Waals surface area contributed by atoms with E-state index in [0.29, 0.717) is 25.3 Å². The molecule has 10 nitrogen and oxygen atoms in total. The Kier molecular flexibility index (Phi) is 7.00. The first-order chi connectivity index (χ1) is 13.0. The van der Waals surface area contributed by atoms with Gasteiger partial charge in [0, 0.05) is 27.3 Å². The van der Waals surface area contributed by atoms with E-state index in [1.807, 2.05) is 0 Å². The molecule has 1 aromatic carbocycles. The molecule has 0 aliphatic rings. The predicted molar refractivity (Wildman–Crippen MR) is 99.5 cm³/mol. The molecular weight excluding hydrogens is 354 g/mol. The topological polar surface area (TPSA) is 120 Å². The zero-order valence-electron chi connectivity index (χ0n) is 15.3. The van der Waals surface area contributed by atoms with Crippen LogP contribution in [-0.4, -0.2) is 55.3 Å². The van der Waals surface area contributed by atoms with Crippen LogP contribution in [0.3, 0.4) is 0 Å². The van der Waals surface area contributed by atoms with Crippen LogP contribution >= 0.6 is 0 Å². The molecule has 0 fully saturated rings. The van der Waals surface area contributed by atoms with E-state index in [0.717, 1.165) is 0 Å². The van der Waals surface area contributed by atoms with Gasteiger partial charge in [0.25, 0.3) is 0 Å². The molecular formula is C17H21N5O5. The maximum atomic E-state index is 12.0. The van der Waals surface area contributed by atoms with Gasteiger partial charge in [-0.2, -0.15) is 0 Å². The molecule has 10 heteroatoms. The van der Waals surface area contributed by atoms with Crippen LogP contribution in [0.5, 0.6) is 0 Å². The minimum atomic E-state index is -0.550. The number of carbonyl (C=O) groups excluding carboxylic acids is 1. The smallest absolute Gasteiger partial charge is 0.353 e. The second kappa shape index (κ2) is 9.43. The predicted octanol–water partition coefficient (Wildman–Crippen LogP) is 2.39. The van der Waals surface area contributed by atoms with Crippen molar-refractivity contribution in [2.75, 3.05) is 44.6 Å². The van der Waals surface area contributed by atoms with E-state index in [-0.39, 0.29) is 22.9 Å². The average molecular weight is 375 g/mol. The number of hydrogen-bond donors (Lipinski definition) is 1. The molecule has 2 aromatic rings. The van der Waals surface area contributed by atoms with E-state index in [4.69, 9.17) is 9.47 Å². The maximum Gasteiger partial charge on any atom is 0.353 e. The van der Waals surface area contributed by atoms with Gasteiger partial charge in [-0.25, -0.2) is 14.8 Å². The van der Waals surface area contributed by atoms with Crippen LogP contribution in [0.2, 0.25) is 0 Å². The van der Waals surface area contributed by atoms with Gasteiger partial charge in [0.15, 0.2) is 0 Å². The van der Waals surface area contributed by atoms with Gasteiger partial charge < -0.3 is 19.7 Å². The van der Waals surface area contributed by atoms with Crippen molar-refractivity contribution >= 4 is 29.0 Å². The Bertz CT molecular complexity index is 814. The summed E-state index contributed by atoms with van der Waals surface area (Å²) in [5.74, 6) is -0.392. The van der Waals surface area contributed by atoms with Gasteiger partial charge in [0.1, 0.15) is 6.33 Å². The molecule has 0 spiro atoms. The number of anilines is 3. The molecule has 144 valence electrons. The fourth-order valence-corrected chi connectivity index (χ4v) is 2.50. The SMILES string of the molecule is COCCCNc1ncnc(N(C)c2ccccc2C(=O)OC)c1[N+](=O)[O-]. The van der Waals surface area contributed by atoms with E-state index in [1.165, 1.54) is 18.3 Å². The van der Waals surface area contributed by atoms with Crippen molar-refractivity contribution in [1.82, 2.24) is 9.97 Å². The Hall–Kier alpha value is -3.27. The minimum absolute atomic E-state index is 0.0561. The Morgan fingerprint density at radius 3 is 2.70 bits per heavy atom. The molecule has 1 N–H and O–H groups in total. The summed E-state index contributed by atoms with van der Waals surface area (Å²) in [6.45, 7) is 0.971. The molecule has 0 radical (unpaired) electrons. The Morgan fingerprint density at radius 1 is 1.30 bits per heavy atom. The number of carbonyl (C=O) groups is 1. The molecule has 2 rings (SSSR count). The van der Waals surface area contributed by atoms with Gasteiger partial charge in [-0.3, -0.25) is 10.1 Å². The van der Waals surface area contributed by atoms with Crippen molar-refractivity contribution < 1.29 is 19.2 Å². The van der Waals surface area contributed by atoms with Gasteiger partial charge in [-0.1, -0.05) is 12.1 Å². The zero-order chi connectivity index (χ0) is 19.8. The lowest BCUT2D eigenvalue weighted by Gasteiger charge is -2.21. The third kappa shape index (κ3) is 4.67. The Balaban J connectivity index is 2.43. The highest BCUT2D eigenvalue weighted by Gasteiger charge is 2.27. The number of hydrogen-bond acceptors (Lipinski definition) is 9. The lowest BCUT2D eigenvalue weighted by atomic mass is 10.1. The summed E-state index contributed by atoms with van der Waals surface area (Å²) in [6.07, 6.45) is 1.90. The Labute approximate surface area is 156 Å². The summed E-state index contributed by atoms with van der Waals surface area (Å²) < 4.78 is 9.75. The van der Waals surface area contributed by atoms with Crippen molar-refractivity contribution in [1.29, 1.82) is 0 Å². The number of esters is 1. The fraction of sp³-hybridized carbons (Fsp3) is 0.353. The van der Waals surface area contributed by atoms with Gasteiger partial charge in [0.05, 0.1) is 23.3 Å². The first kappa shape index (κ1) is 20.0. The van der Waals surface area contributed by atoms with E-state index >= 15 is 0 Å². The van der Waals surface area contributed by atoms with Crippen molar-refractivity contribution in [2.45, 2.75) is 6.42 Å². The van der Waals surface area contributed by atoms with Crippen molar-refractivity contribution in [3.63, 3.8) is 0 Å². The number of ether oxygens (including phenoxy) is 2. The number of aromatic nitrogens is 2. The summed E-state index contributed by atoms with van der Waals surface area (Å²) in [6, 6.07) is 6.63. The molecule has 0 amide bonds. The molecule has 0 aliphatic heterocycles. The first-order valence-electron chi connectivity index (χ1n) is 8.14. The highest BCUT2D eigenvalue weighted by atomic mass is 16.6. The van der Waals surface area contributed by atoms with Crippen LogP contribution in [0.25, 0.3) is 0 Å². The molecule has 1 heterocycles. The fourth-order valence-electron chi connectivity index (χ4n) is 2.50. The van der Waals surface area contributed by atoms with Gasteiger partial charge in [0.2, 0.25) is 11.6 Å². The van der Waals surface area contributed by atoms with E-state index in [2.05, 4.69) is 15.3 Å². The van der Waals surface area contributed by atoms with Gasteiger partial charge in [-0.05, 0) is 18.6 Å². The standard InChI is InChI=1S/C17H21N5O5/c1-21(13-8-5-4-7-12(13)17(23)27-3)16-14(22(24)25)15(19-11-20-16)18-9-6-10-26-2/h4-5,7-8,11H,6,9-10H2,1-3H3,(H,18,19,20). The van der Waals surface area contributed by atoms with Crippen LogP contribution in [0.1, 0.15) is 16.8 Å². The van der Waals surface area contributed by atoms with Crippen molar-refractivity contribution in [3.05, 3.63) is 46.3 Å². The van der Waals surface area contributed by atoms with Crippen molar-refractivity contribution in [3.8, 4) is 0 Å². The number of nitro groups is 1. The number of para-hydroxylation sites is 1. The Morgan fingerprint density at radius 2 is 2.04 bits per heavy atom. The quantitative estimate of drug-likeness (QED) is 0.305. The van der Waals surface area contributed by atoms with Gasteiger partial charge in [-0.15, -0.1) is 0 Å². The highest BCUT2D eigenvalue weighted by Crippen LogP contribution is 2.36. The first-order valence-corrected chi connectivity index (χ1v) is 8.14. The molecule has 0 aliphatic carbocycles. The molecule has 0 saturated heterocycles. The third-order valence-corrected chi connectivity index (χ3v) is 3.79. The van der Waals surface area contributed by atoms with Crippen LogP contribution in [0.4, 0.5) is 23.0 Å². The molecule has 0 bridgehead atoms. The van der Waals surface area contributed by atoms with E-state index in [9.17, 15) is 14.9 Å². The number of nitrogens with one attached hydrogen (secondary N) is 1. The second-order valence-corrected chi connectivity index (χ2v) is 5.49. The van der Waals surface area contributed by atoms with Crippen LogP contribution < -0.4 is 10.2 Å². The van der Waals surface area contributed by atoms with Crippen LogP contribution in [0.15, 0.2) is 30.6 Å². The summed E-state index contributed by atoms with van der Waals surface area (Å²) >= 11 is 0. The van der Waals surface area contributed by atoms with Crippen LogP contribution in [-0.2, 0) is 9.47 Å². The number of rotatable bonds is 9. The minimum Gasteiger partial charge on any atom is -0.465 e. The van der Waals surface area contributed by atoms with Gasteiger partial charge >= 0.3 is 11.7 Å². The molecule has 0 unspecified atom stereocenters. The van der Waals surface area contributed by atoms with E-state index < -0.39 is 10.9 Å². The summed E-state index contributed by atoms with van der Waals surface area (Å²) in [5.41, 5.74) is 0.415. The van der Waals surface area contributed by atoms with Crippen LogP contribution in [0, 0.1) is 10.1 Å². The lowest BCUT2D eigenvalue weighted by Crippen LogP contribution is -2.19. The summed E-state index contributed by atoms with van der Waals surface area (Å²) in [7, 11) is 4.44. The van der Waals surface area contributed by atoms with Crippen molar-refractivity contribution in [2.24, 2.45) is 0 Å². The maximum absolute atomic E-state index is 12.0. The normalized spacial score (nSPS) is 10.3. The lowest BCUT2D eigenvalue weighted by molar-refractivity contribution is -0.383. The number of benzene rings is 1. The summed E-state index contributed by atoms with van der Waals surface area (Å²) in [4.78, 5) is 32.7. The second-order valence-electron chi connectivity index (χ2n) is 5.49.